The van der Waals surface area contributed by atoms with Crippen LogP contribution in [-0.4, -0.2) is 34.2 Å². The van der Waals surface area contributed by atoms with E-state index in [1.807, 2.05) is 13.0 Å². The lowest BCUT2D eigenvalue weighted by Gasteiger charge is -2.34. The molecule has 1 aliphatic rings. The minimum Gasteiger partial charge on any atom is -0.280 e. The molecular weight excluding hydrogens is 408 g/mol. The molecule has 0 radical (unpaired) electrons. The first-order valence-corrected chi connectivity index (χ1v) is 12.6. The van der Waals surface area contributed by atoms with Crippen molar-refractivity contribution in [1.82, 2.24) is 4.31 Å². The molecule has 0 spiro atoms. The van der Waals surface area contributed by atoms with Crippen molar-refractivity contribution in [3.05, 3.63) is 53.6 Å². The Kier molecular flexibility index (Phi) is 6.08. The second kappa shape index (κ2) is 8.08. The van der Waals surface area contributed by atoms with E-state index in [1.165, 1.54) is 28.6 Å². The Hall–Kier alpha value is -1.90. The number of anilines is 1. The van der Waals surface area contributed by atoms with Gasteiger partial charge in [-0.25, -0.2) is 16.8 Å². The maximum absolute atomic E-state index is 13.0. The smallest absolute Gasteiger partial charge is 0.262 e. The molecule has 0 aliphatic carbocycles. The van der Waals surface area contributed by atoms with Crippen molar-refractivity contribution in [2.75, 3.05) is 17.8 Å². The van der Waals surface area contributed by atoms with Crippen molar-refractivity contribution in [3.8, 4) is 0 Å². The second-order valence-electron chi connectivity index (χ2n) is 8.17. The molecular formula is C21H28N2O4S2. The van der Waals surface area contributed by atoms with E-state index in [1.54, 1.807) is 19.1 Å². The van der Waals surface area contributed by atoms with Gasteiger partial charge >= 0.3 is 0 Å². The Morgan fingerprint density at radius 3 is 2.07 bits per heavy atom. The number of hydrogen-bond acceptors (Lipinski definition) is 4. The number of nitrogens with one attached hydrogen (secondary N) is 1. The third-order valence-corrected chi connectivity index (χ3v) is 8.58. The van der Waals surface area contributed by atoms with E-state index >= 15 is 0 Å². The number of rotatable bonds is 5. The fourth-order valence-electron chi connectivity index (χ4n) is 3.85. The fourth-order valence-corrected chi connectivity index (χ4v) is 6.92. The van der Waals surface area contributed by atoms with E-state index in [0.29, 0.717) is 36.2 Å². The fraction of sp³-hybridized carbons (Fsp3) is 0.429. The quantitative estimate of drug-likeness (QED) is 0.773. The van der Waals surface area contributed by atoms with Crippen LogP contribution in [-0.2, 0) is 20.0 Å². The summed E-state index contributed by atoms with van der Waals surface area (Å²) in [6.07, 6.45) is 1.02. The standard InChI is InChI=1S/C21H28N2O4S2/c1-15-5-6-18(4)21(12-15)28(24,25)22-19-7-9-20(10-8-19)29(26,27)23-13-16(2)11-17(3)14-23/h5-10,12,16-17,22H,11,13-14H2,1-4H3/t16-,17-/m0/s1. The van der Waals surface area contributed by atoms with Gasteiger partial charge in [-0.1, -0.05) is 26.0 Å². The number of piperidine rings is 1. The Balaban J connectivity index is 1.82. The van der Waals surface area contributed by atoms with Crippen LogP contribution in [0.25, 0.3) is 0 Å². The predicted molar refractivity (Wildman–Crippen MR) is 115 cm³/mol. The molecule has 29 heavy (non-hydrogen) atoms. The molecule has 0 saturated carbocycles. The molecule has 1 fully saturated rings. The van der Waals surface area contributed by atoms with Crippen molar-refractivity contribution in [2.45, 2.75) is 43.9 Å². The van der Waals surface area contributed by atoms with E-state index in [4.69, 9.17) is 0 Å². The zero-order valence-corrected chi connectivity index (χ0v) is 18.8. The summed E-state index contributed by atoms with van der Waals surface area (Å²) in [6, 6.07) is 11.1. The van der Waals surface area contributed by atoms with Crippen LogP contribution < -0.4 is 4.72 Å². The van der Waals surface area contributed by atoms with Crippen molar-refractivity contribution in [1.29, 1.82) is 0 Å². The minimum atomic E-state index is -3.76. The summed E-state index contributed by atoms with van der Waals surface area (Å²) in [5, 5.41) is 0. The van der Waals surface area contributed by atoms with Gasteiger partial charge in [0.1, 0.15) is 0 Å². The highest BCUT2D eigenvalue weighted by atomic mass is 32.2. The maximum Gasteiger partial charge on any atom is 0.262 e. The van der Waals surface area contributed by atoms with Gasteiger partial charge in [0.15, 0.2) is 0 Å². The third-order valence-electron chi connectivity index (χ3n) is 5.21. The van der Waals surface area contributed by atoms with Crippen molar-refractivity contribution < 1.29 is 16.8 Å². The average Bonchev–Trinajstić information content (AvgIpc) is 2.63. The molecule has 1 heterocycles. The van der Waals surface area contributed by atoms with Gasteiger partial charge in [-0.15, -0.1) is 0 Å². The zero-order valence-electron chi connectivity index (χ0n) is 17.2. The number of hydrogen-bond donors (Lipinski definition) is 1. The van der Waals surface area contributed by atoms with Gasteiger partial charge in [0.25, 0.3) is 10.0 Å². The Bertz CT molecular complexity index is 1080. The molecule has 8 heteroatoms. The molecule has 0 unspecified atom stereocenters. The minimum absolute atomic E-state index is 0.175. The molecule has 3 rings (SSSR count). The van der Waals surface area contributed by atoms with Crippen LogP contribution in [0.2, 0.25) is 0 Å². The van der Waals surface area contributed by atoms with Crippen LogP contribution in [0.5, 0.6) is 0 Å². The number of aryl methyl sites for hydroxylation is 2. The predicted octanol–water partition coefficient (Wildman–Crippen LogP) is 3.77. The van der Waals surface area contributed by atoms with Gasteiger partial charge in [-0.05, 0) is 73.6 Å². The Morgan fingerprint density at radius 1 is 0.897 bits per heavy atom. The van der Waals surface area contributed by atoms with E-state index in [9.17, 15) is 16.8 Å². The van der Waals surface area contributed by atoms with Crippen LogP contribution in [0.15, 0.2) is 52.3 Å². The van der Waals surface area contributed by atoms with Crippen LogP contribution in [0.1, 0.15) is 31.4 Å². The van der Waals surface area contributed by atoms with Crippen molar-refractivity contribution in [3.63, 3.8) is 0 Å². The lowest BCUT2D eigenvalue weighted by Crippen LogP contribution is -2.42. The molecule has 158 valence electrons. The summed E-state index contributed by atoms with van der Waals surface area (Å²) < 4.78 is 55.5. The van der Waals surface area contributed by atoms with Gasteiger partial charge in [0.2, 0.25) is 10.0 Å². The molecule has 1 N–H and O–H groups in total. The lowest BCUT2D eigenvalue weighted by atomic mass is 9.94. The normalized spacial score (nSPS) is 21.1. The van der Waals surface area contributed by atoms with E-state index in [0.717, 1.165) is 12.0 Å². The van der Waals surface area contributed by atoms with E-state index in [-0.39, 0.29) is 9.79 Å². The van der Waals surface area contributed by atoms with Crippen molar-refractivity contribution >= 4 is 25.7 Å². The molecule has 1 saturated heterocycles. The topological polar surface area (TPSA) is 83.5 Å². The molecule has 6 nitrogen and oxygen atoms in total. The Labute approximate surface area is 174 Å². The summed E-state index contributed by atoms with van der Waals surface area (Å²) in [6.45, 7) is 8.71. The Morgan fingerprint density at radius 2 is 1.48 bits per heavy atom. The van der Waals surface area contributed by atoms with Crippen LogP contribution >= 0.6 is 0 Å². The molecule has 0 aromatic heterocycles. The first-order valence-electron chi connectivity index (χ1n) is 9.69. The van der Waals surface area contributed by atoms with Crippen molar-refractivity contribution in [2.24, 2.45) is 11.8 Å². The first kappa shape index (κ1) is 21.8. The second-order valence-corrected chi connectivity index (χ2v) is 11.8. The third kappa shape index (κ3) is 4.82. The van der Waals surface area contributed by atoms with Crippen LogP contribution in [0, 0.1) is 25.7 Å². The highest BCUT2D eigenvalue weighted by molar-refractivity contribution is 7.92. The summed E-state index contributed by atoms with van der Waals surface area (Å²) in [7, 11) is -7.36. The molecule has 2 aromatic carbocycles. The molecule has 0 amide bonds. The summed E-state index contributed by atoms with van der Waals surface area (Å²) in [4.78, 5) is 0.388. The maximum atomic E-state index is 13.0. The van der Waals surface area contributed by atoms with Gasteiger partial charge in [0, 0.05) is 18.8 Å². The molecule has 2 atom stereocenters. The summed E-state index contributed by atoms with van der Waals surface area (Å²) in [5.41, 5.74) is 1.82. The molecule has 0 bridgehead atoms. The van der Waals surface area contributed by atoms with Crippen LogP contribution in [0.3, 0.4) is 0 Å². The number of benzene rings is 2. The van der Waals surface area contributed by atoms with Gasteiger partial charge < -0.3 is 0 Å². The summed E-state index contributed by atoms with van der Waals surface area (Å²) >= 11 is 0. The SMILES string of the molecule is Cc1ccc(C)c(S(=O)(=O)Nc2ccc(S(=O)(=O)N3C[C@@H](C)C[C@H](C)C3)cc2)c1. The van der Waals surface area contributed by atoms with Crippen LogP contribution in [0.4, 0.5) is 5.69 Å². The number of sulfonamides is 2. The van der Waals surface area contributed by atoms with E-state index in [2.05, 4.69) is 18.6 Å². The monoisotopic (exact) mass is 436 g/mol. The molecule has 2 aromatic rings. The number of nitrogens with zero attached hydrogens (tertiary/aromatic N) is 1. The highest BCUT2D eigenvalue weighted by Crippen LogP contribution is 2.28. The van der Waals surface area contributed by atoms with E-state index < -0.39 is 20.0 Å². The average molecular weight is 437 g/mol. The lowest BCUT2D eigenvalue weighted by molar-refractivity contribution is 0.222. The van der Waals surface area contributed by atoms with Gasteiger partial charge in [-0.2, -0.15) is 4.31 Å². The van der Waals surface area contributed by atoms with Gasteiger partial charge in [0.05, 0.1) is 9.79 Å². The molecule has 1 aliphatic heterocycles. The highest BCUT2D eigenvalue weighted by Gasteiger charge is 2.31. The zero-order chi connectivity index (χ0) is 21.4. The summed E-state index contributed by atoms with van der Waals surface area (Å²) in [5.74, 6) is 0.634. The first-order chi connectivity index (χ1) is 13.5. The van der Waals surface area contributed by atoms with Gasteiger partial charge in [-0.3, -0.25) is 4.72 Å². The largest absolute Gasteiger partial charge is 0.280 e.